The average Bonchev–Trinajstić information content (AvgIpc) is 1.62. The van der Waals surface area contributed by atoms with E-state index in [-0.39, 0.29) is 5.78 Å². The van der Waals surface area contributed by atoms with Gasteiger partial charge < -0.3 is 10.8 Å². The Morgan fingerprint density at radius 3 is 2.00 bits per heavy atom. The van der Waals surface area contributed by atoms with E-state index >= 15 is 0 Å². The number of hydrogen-bond acceptors (Lipinski definition) is 3. The predicted molar refractivity (Wildman–Crippen MR) is 35.0 cm³/mol. The molecule has 54 valence electrons. The lowest BCUT2D eigenvalue weighted by Crippen LogP contribution is -2.47. The van der Waals surface area contributed by atoms with E-state index in [1.165, 1.54) is 20.8 Å². The first-order chi connectivity index (χ1) is 3.85. The third kappa shape index (κ3) is 2.58. The number of ketones is 1. The van der Waals surface area contributed by atoms with Crippen molar-refractivity contribution in [3.63, 3.8) is 0 Å². The van der Waals surface area contributed by atoms with E-state index in [1.807, 2.05) is 0 Å². The van der Waals surface area contributed by atoms with Gasteiger partial charge in [-0.2, -0.15) is 0 Å². The van der Waals surface area contributed by atoms with Crippen molar-refractivity contribution >= 4 is 5.78 Å². The van der Waals surface area contributed by atoms with Crippen LogP contribution in [0.5, 0.6) is 0 Å². The lowest BCUT2D eigenvalue weighted by atomic mass is 9.97. The molecule has 0 aromatic heterocycles. The van der Waals surface area contributed by atoms with Gasteiger partial charge >= 0.3 is 0 Å². The SMILES string of the molecule is CC(=O)[C@@H](N)C(C)(C)O. The van der Waals surface area contributed by atoms with Crippen molar-refractivity contribution < 1.29 is 9.90 Å². The molecular weight excluding hydrogens is 118 g/mol. The zero-order chi connectivity index (χ0) is 7.65. The van der Waals surface area contributed by atoms with E-state index in [0.717, 1.165) is 0 Å². The zero-order valence-electron chi connectivity index (χ0n) is 6.01. The molecule has 0 unspecified atom stereocenters. The number of carbonyl (C=O) groups is 1. The highest BCUT2D eigenvalue weighted by Gasteiger charge is 2.26. The fourth-order valence-corrected chi connectivity index (χ4v) is 0.497. The van der Waals surface area contributed by atoms with Crippen molar-refractivity contribution in [3.8, 4) is 0 Å². The maximum Gasteiger partial charge on any atom is 0.149 e. The van der Waals surface area contributed by atoms with Gasteiger partial charge in [0.2, 0.25) is 0 Å². The van der Waals surface area contributed by atoms with Gasteiger partial charge in [0.1, 0.15) is 5.78 Å². The van der Waals surface area contributed by atoms with Crippen LogP contribution in [0.4, 0.5) is 0 Å². The van der Waals surface area contributed by atoms with Crippen molar-refractivity contribution in [3.05, 3.63) is 0 Å². The van der Waals surface area contributed by atoms with Gasteiger partial charge in [0.15, 0.2) is 0 Å². The van der Waals surface area contributed by atoms with Crippen molar-refractivity contribution in [1.82, 2.24) is 0 Å². The molecule has 0 aromatic rings. The Kier molecular flexibility index (Phi) is 2.34. The highest BCUT2D eigenvalue weighted by molar-refractivity contribution is 5.82. The van der Waals surface area contributed by atoms with Crippen LogP contribution < -0.4 is 5.73 Å². The summed E-state index contributed by atoms with van der Waals surface area (Å²) in [6.45, 7) is 4.39. The van der Waals surface area contributed by atoms with Gasteiger partial charge in [0, 0.05) is 0 Å². The van der Waals surface area contributed by atoms with Gasteiger partial charge in [-0.3, -0.25) is 4.79 Å². The standard InChI is InChI=1S/C6H13NO2/c1-4(8)5(7)6(2,3)9/h5,9H,7H2,1-3H3/t5-/m1/s1. The van der Waals surface area contributed by atoms with Crippen LogP contribution >= 0.6 is 0 Å². The minimum atomic E-state index is -1.09. The molecule has 0 spiro atoms. The van der Waals surface area contributed by atoms with Crippen LogP contribution in [0.3, 0.4) is 0 Å². The molecule has 0 amide bonds. The second kappa shape index (κ2) is 2.45. The van der Waals surface area contributed by atoms with E-state index in [1.54, 1.807) is 0 Å². The number of hydrogen-bond donors (Lipinski definition) is 2. The molecule has 3 heteroatoms. The smallest absolute Gasteiger partial charge is 0.149 e. The molecule has 3 nitrogen and oxygen atoms in total. The Hall–Kier alpha value is -0.410. The summed E-state index contributed by atoms with van der Waals surface area (Å²) >= 11 is 0. The van der Waals surface area contributed by atoms with Gasteiger partial charge in [0.25, 0.3) is 0 Å². The van der Waals surface area contributed by atoms with Crippen molar-refractivity contribution in [2.24, 2.45) is 5.73 Å². The fraction of sp³-hybridized carbons (Fsp3) is 0.833. The van der Waals surface area contributed by atoms with Crippen LogP contribution in [0.15, 0.2) is 0 Å². The summed E-state index contributed by atoms with van der Waals surface area (Å²) in [5.74, 6) is -0.192. The second-order valence-corrected chi connectivity index (χ2v) is 2.74. The number of Topliss-reactive ketones (excluding diaryl/α,β-unsaturated/α-hetero) is 1. The van der Waals surface area contributed by atoms with Gasteiger partial charge in [-0.25, -0.2) is 0 Å². The molecule has 0 aromatic carbocycles. The molecule has 1 atom stereocenters. The summed E-state index contributed by atoms with van der Waals surface area (Å²) in [6, 6.07) is -0.766. The van der Waals surface area contributed by atoms with Gasteiger partial charge in [-0.1, -0.05) is 0 Å². The van der Waals surface area contributed by atoms with E-state index in [4.69, 9.17) is 10.8 Å². The maximum atomic E-state index is 10.5. The fourth-order valence-electron chi connectivity index (χ4n) is 0.497. The molecule has 0 saturated heterocycles. The summed E-state index contributed by atoms with van der Waals surface area (Å²) in [5, 5.41) is 9.11. The number of nitrogens with two attached hydrogens (primary N) is 1. The van der Waals surface area contributed by atoms with Crippen LogP contribution in [0.25, 0.3) is 0 Å². The average molecular weight is 131 g/mol. The normalized spacial score (nSPS) is 15.2. The number of aliphatic hydroxyl groups is 1. The minimum absolute atomic E-state index is 0.192. The first kappa shape index (κ1) is 8.59. The summed E-state index contributed by atoms with van der Waals surface area (Å²) in [4.78, 5) is 10.5. The van der Waals surface area contributed by atoms with E-state index in [0.29, 0.717) is 0 Å². The maximum absolute atomic E-state index is 10.5. The Morgan fingerprint density at radius 2 is 2.00 bits per heavy atom. The van der Waals surface area contributed by atoms with Crippen LogP contribution in [-0.4, -0.2) is 22.5 Å². The number of rotatable bonds is 2. The molecule has 0 heterocycles. The molecule has 0 saturated carbocycles. The van der Waals surface area contributed by atoms with Crippen molar-refractivity contribution in [2.75, 3.05) is 0 Å². The second-order valence-electron chi connectivity index (χ2n) is 2.74. The molecule has 0 radical (unpaired) electrons. The summed E-state index contributed by atoms with van der Waals surface area (Å²) < 4.78 is 0. The predicted octanol–water partition coefficient (Wildman–Crippen LogP) is -0.326. The topological polar surface area (TPSA) is 63.3 Å². The zero-order valence-corrected chi connectivity index (χ0v) is 6.01. The van der Waals surface area contributed by atoms with Gasteiger partial charge in [0.05, 0.1) is 11.6 Å². The van der Waals surface area contributed by atoms with Crippen LogP contribution in [0.2, 0.25) is 0 Å². The van der Waals surface area contributed by atoms with Gasteiger partial charge in [-0.05, 0) is 20.8 Å². The first-order valence-electron chi connectivity index (χ1n) is 2.84. The van der Waals surface area contributed by atoms with Crippen LogP contribution in [-0.2, 0) is 4.79 Å². The Balaban J connectivity index is 4.04. The van der Waals surface area contributed by atoms with Crippen molar-refractivity contribution in [2.45, 2.75) is 32.4 Å². The summed E-state index contributed by atoms with van der Waals surface area (Å²) in [6.07, 6.45) is 0. The molecule has 0 bridgehead atoms. The monoisotopic (exact) mass is 131 g/mol. The third-order valence-corrected chi connectivity index (χ3v) is 1.20. The molecule has 0 fully saturated rings. The molecule has 0 aliphatic carbocycles. The first-order valence-corrected chi connectivity index (χ1v) is 2.84. The van der Waals surface area contributed by atoms with E-state index in [9.17, 15) is 4.79 Å². The molecular formula is C6H13NO2. The quantitative estimate of drug-likeness (QED) is 0.539. The summed E-state index contributed by atoms with van der Waals surface area (Å²) in [7, 11) is 0. The molecule has 0 aliphatic rings. The van der Waals surface area contributed by atoms with Crippen LogP contribution in [0, 0.1) is 0 Å². The Labute approximate surface area is 54.9 Å². The van der Waals surface area contributed by atoms with Gasteiger partial charge in [-0.15, -0.1) is 0 Å². The largest absolute Gasteiger partial charge is 0.388 e. The van der Waals surface area contributed by atoms with Crippen LogP contribution in [0.1, 0.15) is 20.8 Å². The van der Waals surface area contributed by atoms with E-state index < -0.39 is 11.6 Å². The molecule has 0 rings (SSSR count). The molecule has 0 aliphatic heterocycles. The summed E-state index contributed by atoms with van der Waals surface area (Å²) in [5.41, 5.74) is 4.20. The highest BCUT2D eigenvalue weighted by Crippen LogP contribution is 2.05. The minimum Gasteiger partial charge on any atom is -0.388 e. The van der Waals surface area contributed by atoms with Crippen molar-refractivity contribution in [1.29, 1.82) is 0 Å². The third-order valence-electron chi connectivity index (χ3n) is 1.20. The lowest BCUT2D eigenvalue weighted by Gasteiger charge is -2.22. The molecule has 3 N–H and O–H groups in total. The Bertz CT molecular complexity index is 115. The lowest BCUT2D eigenvalue weighted by molar-refractivity contribution is -0.122. The number of carbonyl (C=O) groups excluding carboxylic acids is 1. The Morgan fingerprint density at radius 1 is 1.67 bits per heavy atom. The highest BCUT2D eigenvalue weighted by atomic mass is 16.3. The molecule has 9 heavy (non-hydrogen) atoms. The van der Waals surface area contributed by atoms with E-state index in [2.05, 4.69) is 0 Å².